The first-order valence-electron chi connectivity index (χ1n) is 9.52. The van der Waals surface area contributed by atoms with Gasteiger partial charge in [-0.2, -0.15) is 0 Å². The third kappa shape index (κ3) is 5.87. The molecule has 0 spiro atoms. The molecule has 0 atom stereocenters. The van der Waals surface area contributed by atoms with Crippen molar-refractivity contribution in [1.29, 1.82) is 0 Å². The molecule has 0 unspecified atom stereocenters. The summed E-state index contributed by atoms with van der Waals surface area (Å²) >= 11 is 2.86. The van der Waals surface area contributed by atoms with Crippen LogP contribution in [0.2, 0.25) is 0 Å². The summed E-state index contributed by atoms with van der Waals surface area (Å²) in [5, 5.41) is 8.46. The first-order chi connectivity index (χ1) is 15.0. The maximum atomic E-state index is 12.2. The molecule has 2 heterocycles. The molecule has 9 heteroatoms. The lowest BCUT2D eigenvalue weighted by atomic mass is 10.2. The number of amides is 3. The highest BCUT2D eigenvalue weighted by Gasteiger charge is 2.10. The summed E-state index contributed by atoms with van der Waals surface area (Å²) in [7, 11) is 0. The zero-order chi connectivity index (χ0) is 21.6. The maximum absolute atomic E-state index is 12.2. The minimum atomic E-state index is -0.310. The number of anilines is 2. The van der Waals surface area contributed by atoms with Crippen molar-refractivity contribution in [1.82, 2.24) is 10.3 Å². The number of nitrogens with one attached hydrogen (secondary N) is 3. The molecule has 3 amide bonds. The van der Waals surface area contributed by atoms with E-state index in [1.165, 1.54) is 23.1 Å². The number of aromatic nitrogens is 1. The zero-order valence-electron chi connectivity index (χ0n) is 16.7. The van der Waals surface area contributed by atoms with Crippen molar-refractivity contribution in [2.75, 3.05) is 16.4 Å². The fourth-order valence-corrected chi connectivity index (χ4v) is 4.69. The lowest BCUT2D eigenvalue weighted by molar-refractivity contribution is -0.118. The second kappa shape index (κ2) is 9.67. The lowest BCUT2D eigenvalue weighted by Crippen LogP contribution is -2.24. The number of fused-ring (bicyclic) bond motifs is 1. The van der Waals surface area contributed by atoms with Crippen LogP contribution in [0.4, 0.5) is 16.2 Å². The Hall–Kier alpha value is -3.30. The van der Waals surface area contributed by atoms with Gasteiger partial charge in [-0.05, 0) is 49.4 Å². The molecule has 0 saturated heterocycles. The number of nitrogens with zero attached hydrogens (tertiary/aromatic N) is 1. The minimum Gasteiger partial charge on any atom is -0.467 e. The molecule has 2 aromatic carbocycles. The van der Waals surface area contributed by atoms with Crippen LogP contribution < -0.4 is 16.0 Å². The van der Waals surface area contributed by atoms with E-state index in [0.29, 0.717) is 18.0 Å². The monoisotopic (exact) mass is 452 g/mol. The van der Waals surface area contributed by atoms with Gasteiger partial charge in [-0.3, -0.25) is 4.79 Å². The van der Waals surface area contributed by atoms with Crippen LogP contribution in [0.15, 0.2) is 69.6 Å². The average molecular weight is 453 g/mol. The van der Waals surface area contributed by atoms with Crippen molar-refractivity contribution >= 4 is 56.6 Å². The second-order valence-electron chi connectivity index (χ2n) is 6.75. The number of carbonyl (C=O) groups excluding carboxylic acids is 2. The standard InChI is InChI=1S/C22H20N4O3S2/c1-14-4-6-15(7-5-14)24-21(28)25-16-8-9-18-19(11-16)31-22(26-18)30-13-20(27)23-12-17-3-2-10-29-17/h2-11H,12-13H2,1H3,(H,23,27)(H2,24,25,28). The van der Waals surface area contributed by atoms with E-state index < -0.39 is 0 Å². The molecule has 0 aliphatic carbocycles. The highest BCUT2D eigenvalue weighted by atomic mass is 32.2. The van der Waals surface area contributed by atoms with Gasteiger partial charge in [-0.25, -0.2) is 9.78 Å². The fourth-order valence-electron chi connectivity index (χ4n) is 2.75. The number of furan rings is 1. The van der Waals surface area contributed by atoms with E-state index in [9.17, 15) is 9.59 Å². The smallest absolute Gasteiger partial charge is 0.323 e. The van der Waals surface area contributed by atoms with Gasteiger partial charge in [-0.1, -0.05) is 29.5 Å². The summed E-state index contributed by atoms with van der Waals surface area (Å²) in [5.41, 5.74) is 3.36. The quantitative estimate of drug-likeness (QED) is 0.333. The van der Waals surface area contributed by atoms with Crippen LogP contribution in [0.5, 0.6) is 0 Å². The summed E-state index contributed by atoms with van der Waals surface area (Å²) in [6, 6.07) is 16.4. The van der Waals surface area contributed by atoms with Gasteiger partial charge in [0.2, 0.25) is 5.91 Å². The topological polar surface area (TPSA) is 96.3 Å². The number of hydrogen-bond donors (Lipinski definition) is 3. The van der Waals surface area contributed by atoms with E-state index in [1.807, 2.05) is 49.4 Å². The Labute approximate surface area is 187 Å². The van der Waals surface area contributed by atoms with Crippen LogP contribution in [0.25, 0.3) is 10.2 Å². The number of thiazole rings is 1. The van der Waals surface area contributed by atoms with Crippen molar-refractivity contribution in [3.05, 3.63) is 72.2 Å². The summed E-state index contributed by atoms with van der Waals surface area (Å²) in [4.78, 5) is 28.8. The molecule has 4 aromatic rings. The normalized spacial score (nSPS) is 10.7. The molecule has 7 nitrogen and oxygen atoms in total. The summed E-state index contributed by atoms with van der Waals surface area (Å²) in [6.45, 7) is 2.36. The van der Waals surface area contributed by atoms with E-state index in [4.69, 9.17) is 4.42 Å². The molecule has 4 rings (SSSR count). The Morgan fingerprint density at radius 1 is 1.06 bits per heavy atom. The van der Waals surface area contributed by atoms with Crippen molar-refractivity contribution in [2.24, 2.45) is 0 Å². The Bertz CT molecular complexity index is 1190. The first-order valence-corrected chi connectivity index (χ1v) is 11.3. The van der Waals surface area contributed by atoms with E-state index in [-0.39, 0.29) is 17.7 Å². The van der Waals surface area contributed by atoms with Gasteiger partial charge >= 0.3 is 6.03 Å². The van der Waals surface area contributed by atoms with Gasteiger partial charge in [0.05, 0.1) is 28.8 Å². The van der Waals surface area contributed by atoms with E-state index in [0.717, 1.165) is 25.8 Å². The number of hydrogen-bond acceptors (Lipinski definition) is 6. The molecule has 0 aliphatic rings. The van der Waals surface area contributed by atoms with Crippen molar-refractivity contribution in [3.8, 4) is 0 Å². The van der Waals surface area contributed by atoms with Gasteiger partial charge in [0.1, 0.15) is 5.76 Å². The number of rotatable bonds is 7. The molecular weight excluding hydrogens is 432 g/mol. The van der Waals surface area contributed by atoms with Crippen LogP contribution in [-0.2, 0) is 11.3 Å². The van der Waals surface area contributed by atoms with Crippen molar-refractivity contribution in [3.63, 3.8) is 0 Å². The molecule has 0 fully saturated rings. The summed E-state index contributed by atoms with van der Waals surface area (Å²) in [6.07, 6.45) is 1.58. The Morgan fingerprint density at radius 2 is 1.84 bits per heavy atom. The maximum Gasteiger partial charge on any atom is 0.323 e. The predicted molar refractivity (Wildman–Crippen MR) is 125 cm³/mol. The Kier molecular flexibility index (Phi) is 6.54. The van der Waals surface area contributed by atoms with Crippen LogP contribution in [0.1, 0.15) is 11.3 Å². The molecule has 158 valence electrons. The molecule has 3 N–H and O–H groups in total. The van der Waals surface area contributed by atoms with Crippen molar-refractivity contribution in [2.45, 2.75) is 17.8 Å². The predicted octanol–water partition coefficient (Wildman–Crippen LogP) is 5.25. The summed E-state index contributed by atoms with van der Waals surface area (Å²) < 4.78 is 6.93. The summed E-state index contributed by atoms with van der Waals surface area (Å²) in [5.74, 6) is 0.894. The molecule has 0 aliphatic heterocycles. The van der Waals surface area contributed by atoms with Crippen LogP contribution in [0, 0.1) is 6.92 Å². The van der Waals surface area contributed by atoms with Gasteiger partial charge in [0.25, 0.3) is 0 Å². The van der Waals surface area contributed by atoms with Gasteiger partial charge in [-0.15, -0.1) is 11.3 Å². The molecule has 0 saturated carbocycles. The molecule has 2 aromatic heterocycles. The van der Waals surface area contributed by atoms with Crippen LogP contribution >= 0.6 is 23.1 Å². The van der Waals surface area contributed by atoms with Gasteiger partial charge in [0.15, 0.2) is 4.34 Å². The Balaban J connectivity index is 1.31. The number of benzene rings is 2. The zero-order valence-corrected chi connectivity index (χ0v) is 18.3. The highest BCUT2D eigenvalue weighted by Crippen LogP contribution is 2.31. The van der Waals surface area contributed by atoms with Gasteiger partial charge < -0.3 is 20.4 Å². The third-order valence-corrected chi connectivity index (χ3v) is 6.46. The first kappa shape index (κ1) is 21.0. The van der Waals surface area contributed by atoms with Gasteiger partial charge in [0, 0.05) is 11.4 Å². The number of carbonyl (C=O) groups is 2. The molecule has 31 heavy (non-hydrogen) atoms. The molecular formula is C22H20N4O3S2. The highest BCUT2D eigenvalue weighted by molar-refractivity contribution is 8.01. The third-order valence-electron chi connectivity index (χ3n) is 4.30. The fraction of sp³-hybridized carbons (Fsp3) is 0.136. The number of aryl methyl sites for hydroxylation is 1. The number of thioether (sulfide) groups is 1. The molecule has 0 bridgehead atoms. The Morgan fingerprint density at radius 3 is 2.61 bits per heavy atom. The molecule has 0 radical (unpaired) electrons. The van der Waals surface area contributed by atoms with E-state index >= 15 is 0 Å². The second-order valence-corrected chi connectivity index (χ2v) is 9.01. The average Bonchev–Trinajstić information content (AvgIpc) is 3.41. The minimum absolute atomic E-state index is 0.0872. The van der Waals surface area contributed by atoms with E-state index in [2.05, 4.69) is 20.9 Å². The van der Waals surface area contributed by atoms with E-state index in [1.54, 1.807) is 18.4 Å². The van der Waals surface area contributed by atoms with Crippen molar-refractivity contribution < 1.29 is 14.0 Å². The SMILES string of the molecule is Cc1ccc(NC(=O)Nc2ccc3nc(SCC(=O)NCc4ccco4)sc3c2)cc1. The lowest BCUT2D eigenvalue weighted by Gasteiger charge is -2.07. The van der Waals surface area contributed by atoms with Crippen LogP contribution in [0.3, 0.4) is 0 Å². The number of urea groups is 1. The largest absolute Gasteiger partial charge is 0.467 e. The van der Waals surface area contributed by atoms with Crippen LogP contribution in [-0.4, -0.2) is 22.7 Å².